The molecule has 18 heavy (non-hydrogen) atoms. The molecule has 0 amide bonds. The highest BCUT2D eigenvalue weighted by atomic mass is 32.1. The predicted molar refractivity (Wildman–Crippen MR) is 79.3 cm³/mol. The van der Waals surface area contributed by atoms with E-state index in [0.717, 1.165) is 23.8 Å². The van der Waals surface area contributed by atoms with Gasteiger partial charge in [-0.25, -0.2) is 4.98 Å². The summed E-state index contributed by atoms with van der Waals surface area (Å²) in [5.41, 5.74) is 7.73. The first-order valence-corrected chi connectivity index (χ1v) is 7.52. The van der Waals surface area contributed by atoms with Crippen LogP contribution in [0.3, 0.4) is 0 Å². The molecule has 2 N–H and O–H groups in total. The lowest BCUT2D eigenvalue weighted by Gasteiger charge is -2.20. The summed E-state index contributed by atoms with van der Waals surface area (Å²) in [7, 11) is 0. The van der Waals surface area contributed by atoms with Gasteiger partial charge in [0.2, 0.25) is 0 Å². The van der Waals surface area contributed by atoms with Gasteiger partial charge in [0.05, 0.1) is 10.2 Å². The van der Waals surface area contributed by atoms with Gasteiger partial charge in [-0.2, -0.15) is 0 Å². The Kier molecular flexibility index (Phi) is 3.12. The maximum atomic E-state index is 5.83. The van der Waals surface area contributed by atoms with Gasteiger partial charge in [0.15, 0.2) is 5.13 Å². The molecule has 1 fully saturated rings. The third-order valence-corrected chi connectivity index (χ3v) is 4.44. The quantitative estimate of drug-likeness (QED) is 0.835. The van der Waals surface area contributed by atoms with Crippen LogP contribution in [0.5, 0.6) is 0 Å². The molecule has 1 aromatic heterocycles. The summed E-state index contributed by atoms with van der Waals surface area (Å²) in [6.45, 7) is 3.38. The molecule has 0 aliphatic heterocycles. The SMILES string of the molecule is CCCCN(c1nc2ccc(N)cc2s1)C1CC1. The summed E-state index contributed by atoms with van der Waals surface area (Å²) in [6.07, 6.45) is 5.12. The van der Waals surface area contributed by atoms with Crippen molar-refractivity contribution in [1.29, 1.82) is 0 Å². The first kappa shape index (κ1) is 11.8. The standard InChI is InChI=1S/C14H19N3S/c1-2-3-8-17(11-5-6-11)14-16-12-7-4-10(15)9-13(12)18-14/h4,7,9,11H,2-3,5-6,8,15H2,1H3. The van der Waals surface area contributed by atoms with Crippen molar-refractivity contribution in [1.82, 2.24) is 4.98 Å². The molecule has 3 nitrogen and oxygen atoms in total. The van der Waals surface area contributed by atoms with E-state index in [9.17, 15) is 0 Å². The molecule has 1 aliphatic rings. The van der Waals surface area contributed by atoms with E-state index in [2.05, 4.69) is 11.8 Å². The van der Waals surface area contributed by atoms with Crippen LogP contribution in [-0.4, -0.2) is 17.6 Å². The number of benzene rings is 1. The summed E-state index contributed by atoms with van der Waals surface area (Å²) in [4.78, 5) is 7.25. The number of nitrogens with two attached hydrogens (primary N) is 1. The molecular weight excluding hydrogens is 242 g/mol. The maximum absolute atomic E-state index is 5.83. The molecule has 4 heteroatoms. The summed E-state index contributed by atoms with van der Waals surface area (Å²) < 4.78 is 1.20. The van der Waals surface area contributed by atoms with Gasteiger partial charge in [0, 0.05) is 18.3 Å². The van der Waals surface area contributed by atoms with E-state index < -0.39 is 0 Å². The van der Waals surface area contributed by atoms with Crippen molar-refractivity contribution < 1.29 is 0 Å². The van der Waals surface area contributed by atoms with E-state index in [1.165, 1.54) is 35.5 Å². The highest BCUT2D eigenvalue weighted by molar-refractivity contribution is 7.22. The largest absolute Gasteiger partial charge is 0.399 e. The van der Waals surface area contributed by atoms with Crippen LogP contribution in [0.25, 0.3) is 10.2 Å². The minimum absolute atomic E-state index is 0.731. The molecule has 0 saturated heterocycles. The van der Waals surface area contributed by atoms with Gasteiger partial charge in [-0.15, -0.1) is 0 Å². The van der Waals surface area contributed by atoms with Crippen molar-refractivity contribution >= 4 is 32.4 Å². The second-order valence-electron chi connectivity index (χ2n) is 5.00. The van der Waals surface area contributed by atoms with Crippen LogP contribution in [0.1, 0.15) is 32.6 Å². The zero-order valence-corrected chi connectivity index (χ0v) is 11.5. The third-order valence-electron chi connectivity index (χ3n) is 3.39. The molecule has 0 spiro atoms. The van der Waals surface area contributed by atoms with Crippen molar-refractivity contribution in [3.63, 3.8) is 0 Å². The fourth-order valence-corrected chi connectivity index (χ4v) is 3.31. The maximum Gasteiger partial charge on any atom is 0.186 e. The van der Waals surface area contributed by atoms with Crippen LogP contribution in [-0.2, 0) is 0 Å². The number of thiazole rings is 1. The van der Waals surface area contributed by atoms with E-state index in [-0.39, 0.29) is 0 Å². The van der Waals surface area contributed by atoms with E-state index in [1.54, 1.807) is 11.3 Å². The molecule has 96 valence electrons. The lowest BCUT2D eigenvalue weighted by atomic mass is 10.3. The van der Waals surface area contributed by atoms with Crippen molar-refractivity contribution in [2.75, 3.05) is 17.2 Å². The van der Waals surface area contributed by atoms with Gasteiger partial charge in [0.25, 0.3) is 0 Å². The van der Waals surface area contributed by atoms with Crippen LogP contribution in [0.4, 0.5) is 10.8 Å². The lowest BCUT2D eigenvalue weighted by Crippen LogP contribution is -2.26. The number of nitrogens with zero attached hydrogens (tertiary/aromatic N) is 2. The highest BCUT2D eigenvalue weighted by Crippen LogP contribution is 2.37. The number of aromatic nitrogens is 1. The summed E-state index contributed by atoms with van der Waals surface area (Å²) in [6, 6.07) is 6.71. The second-order valence-corrected chi connectivity index (χ2v) is 6.01. The van der Waals surface area contributed by atoms with E-state index in [0.29, 0.717) is 0 Å². The van der Waals surface area contributed by atoms with Crippen molar-refractivity contribution in [3.8, 4) is 0 Å². The Morgan fingerprint density at radius 2 is 2.28 bits per heavy atom. The summed E-state index contributed by atoms with van der Waals surface area (Å²) in [5.74, 6) is 0. The third kappa shape index (κ3) is 2.29. The van der Waals surface area contributed by atoms with Crippen LogP contribution in [0.2, 0.25) is 0 Å². The molecule has 0 radical (unpaired) electrons. The fourth-order valence-electron chi connectivity index (χ4n) is 2.20. The minimum atomic E-state index is 0.731. The van der Waals surface area contributed by atoms with E-state index >= 15 is 0 Å². The van der Waals surface area contributed by atoms with Crippen LogP contribution in [0, 0.1) is 0 Å². The van der Waals surface area contributed by atoms with E-state index in [1.807, 2.05) is 18.2 Å². The average Bonchev–Trinajstić information content (AvgIpc) is 3.10. The van der Waals surface area contributed by atoms with Gasteiger partial charge >= 0.3 is 0 Å². The molecule has 2 aromatic rings. The van der Waals surface area contributed by atoms with Gasteiger partial charge < -0.3 is 10.6 Å². The Balaban J connectivity index is 1.90. The number of hydrogen-bond donors (Lipinski definition) is 1. The zero-order chi connectivity index (χ0) is 12.5. The molecule has 3 rings (SSSR count). The van der Waals surface area contributed by atoms with Gasteiger partial charge in [0.1, 0.15) is 0 Å². The predicted octanol–water partition coefficient (Wildman–Crippen LogP) is 3.65. The number of hydrogen-bond acceptors (Lipinski definition) is 4. The van der Waals surface area contributed by atoms with Crippen molar-refractivity contribution in [2.45, 2.75) is 38.6 Å². The van der Waals surface area contributed by atoms with Crippen molar-refractivity contribution in [3.05, 3.63) is 18.2 Å². The first-order chi connectivity index (χ1) is 8.78. The number of anilines is 2. The second kappa shape index (κ2) is 4.76. The lowest BCUT2D eigenvalue weighted by molar-refractivity contribution is 0.711. The smallest absolute Gasteiger partial charge is 0.186 e. The first-order valence-electron chi connectivity index (χ1n) is 6.70. The Bertz CT molecular complexity index is 545. The van der Waals surface area contributed by atoms with Crippen LogP contribution < -0.4 is 10.6 Å². The summed E-state index contributed by atoms with van der Waals surface area (Å²) in [5, 5.41) is 1.17. The normalized spacial score (nSPS) is 15.2. The Hall–Kier alpha value is -1.29. The molecule has 1 aliphatic carbocycles. The highest BCUT2D eigenvalue weighted by Gasteiger charge is 2.30. The molecule has 1 aromatic carbocycles. The molecule has 0 unspecified atom stereocenters. The number of nitrogen functional groups attached to an aromatic ring is 1. The minimum Gasteiger partial charge on any atom is -0.399 e. The number of unbranched alkanes of at least 4 members (excludes halogenated alkanes) is 1. The monoisotopic (exact) mass is 261 g/mol. The Morgan fingerprint density at radius 3 is 3.00 bits per heavy atom. The van der Waals surface area contributed by atoms with Gasteiger partial charge in [-0.05, 0) is 37.5 Å². The van der Waals surface area contributed by atoms with Gasteiger partial charge in [-0.3, -0.25) is 0 Å². The summed E-state index contributed by atoms with van der Waals surface area (Å²) >= 11 is 1.77. The molecular formula is C14H19N3S. The number of rotatable bonds is 5. The van der Waals surface area contributed by atoms with Gasteiger partial charge in [-0.1, -0.05) is 24.7 Å². The topological polar surface area (TPSA) is 42.2 Å². The average molecular weight is 261 g/mol. The molecule has 1 saturated carbocycles. The van der Waals surface area contributed by atoms with Crippen molar-refractivity contribution in [2.24, 2.45) is 0 Å². The number of fused-ring (bicyclic) bond motifs is 1. The Labute approximate surface area is 112 Å². The zero-order valence-electron chi connectivity index (χ0n) is 10.7. The fraction of sp³-hybridized carbons (Fsp3) is 0.500. The molecule has 1 heterocycles. The molecule has 0 bridgehead atoms. The molecule has 0 atom stereocenters. The Morgan fingerprint density at radius 1 is 1.44 bits per heavy atom. The van der Waals surface area contributed by atoms with E-state index in [4.69, 9.17) is 10.7 Å². The van der Waals surface area contributed by atoms with Crippen LogP contribution in [0.15, 0.2) is 18.2 Å². The van der Waals surface area contributed by atoms with Crippen LogP contribution >= 0.6 is 11.3 Å².